The molecule has 0 bridgehead atoms. The predicted octanol–water partition coefficient (Wildman–Crippen LogP) is 8.19. The number of nitrogens with zero attached hydrogens (tertiary/aromatic N) is 3. The van der Waals surface area contributed by atoms with Crippen LogP contribution < -0.4 is 5.01 Å². The van der Waals surface area contributed by atoms with Gasteiger partial charge in [0, 0.05) is 22.4 Å². The van der Waals surface area contributed by atoms with Crippen molar-refractivity contribution in [2.75, 3.05) is 5.01 Å². The third kappa shape index (κ3) is 3.88. The first-order valence-electron chi connectivity index (χ1n) is 9.15. The Labute approximate surface area is 197 Å². The maximum Gasteiger partial charge on any atom is 0.207 e. The first-order valence-corrected chi connectivity index (χ1v) is 12.0. The number of benzene rings is 2. The van der Waals surface area contributed by atoms with E-state index in [-0.39, 0.29) is 6.04 Å². The van der Waals surface area contributed by atoms with Gasteiger partial charge in [0.15, 0.2) is 0 Å². The number of anilines is 1. The SMILES string of the molecule is Clc1ccc(C2CC(c3cccs3)=NN2c2nc(-c3ccc(Cl)c(Cl)c3)cs2)cc1. The molecule has 1 aliphatic heterocycles. The molecule has 0 spiro atoms. The van der Waals surface area contributed by atoms with E-state index in [0.29, 0.717) is 10.0 Å². The van der Waals surface area contributed by atoms with Crippen LogP contribution in [0.4, 0.5) is 5.13 Å². The molecule has 4 aromatic rings. The average molecular weight is 491 g/mol. The zero-order valence-corrected chi connectivity index (χ0v) is 19.3. The van der Waals surface area contributed by atoms with Gasteiger partial charge in [-0.25, -0.2) is 9.99 Å². The van der Waals surface area contributed by atoms with Crippen LogP contribution in [0, 0.1) is 0 Å². The Balaban J connectivity index is 1.53. The molecule has 1 unspecified atom stereocenters. The third-order valence-electron chi connectivity index (χ3n) is 4.87. The number of rotatable bonds is 4. The highest BCUT2D eigenvalue weighted by molar-refractivity contribution is 7.14. The largest absolute Gasteiger partial charge is 0.231 e. The number of halogens is 3. The normalized spacial score (nSPS) is 16.2. The number of thiophene rings is 1. The van der Waals surface area contributed by atoms with Crippen LogP contribution in [0.15, 0.2) is 70.5 Å². The van der Waals surface area contributed by atoms with E-state index in [0.717, 1.165) is 39.1 Å². The van der Waals surface area contributed by atoms with Gasteiger partial charge in [0.25, 0.3) is 0 Å². The lowest BCUT2D eigenvalue weighted by atomic mass is 10.0. The van der Waals surface area contributed by atoms with Gasteiger partial charge in [-0.1, -0.05) is 59.1 Å². The average Bonchev–Trinajstić information content (AvgIpc) is 3.50. The van der Waals surface area contributed by atoms with Gasteiger partial charge in [-0.05, 0) is 41.3 Å². The molecule has 8 heteroatoms. The Bertz CT molecular complexity index is 1220. The molecule has 0 radical (unpaired) electrons. The maximum absolute atomic E-state index is 6.19. The summed E-state index contributed by atoms with van der Waals surface area (Å²) in [6.45, 7) is 0. The number of hydrogen-bond acceptors (Lipinski definition) is 5. The fourth-order valence-electron chi connectivity index (χ4n) is 3.38. The van der Waals surface area contributed by atoms with E-state index in [1.807, 2.05) is 40.7 Å². The summed E-state index contributed by atoms with van der Waals surface area (Å²) in [7, 11) is 0. The van der Waals surface area contributed by atoms with E-state index < -0.39 is 0 Å². The molecule has 5 rings (SSSR count). The Hall–Kier alpha value is -1.89. The minimum atomic E-state index is 0.0622. The van der Waals surface area contributed by atoms with Crippen LogP contribution in [0.3, 0.4) is 0 Å². The van der Waals surface area contributed by atoms with E-state index in [4.69, 9.17) is 44.9 Å². The number of aromatic nitrogens is 1. The molecule has 1 atom stereocenters. The lowest BCUT2D eigenvalue weighted by molar-refractivity contribution is 0.706. The minimum absolute atomic E-state index is 0.0622. The molecule has 0 amide bonds. The van der Waals surface area contributed by atoms with Crippen molar-refractivity contribution in [1.82, 2.24) is 4.98 Å². The number of thiazole rings is 1. The van der Waals surface area contributed by atoms with Gasteiger partial charge in [-0.15, -0.1) is 22.7 Å². The van der Waals surface area contributed by atoms with E-state index in [1.165, 1.54) is 4.88 Å². The standard InChI is InChI=1S/C22H14Cl3N3S2/c23-15-6-3-13(4-7-15)20-11-18(21-2-1-9-29-21)27-28(20)22-26-19(12-30-22)14-5-8-16(24)17(25)10-14/h1-10,12,20H,11H2. The number of hydrogen-bond donors (Lipinski definition) is 0. The van der Waals surface area contributed by atoms with Crippen LogP contribution in [0.2, 0.25) is 15.1 Å². The highest BCUT2D eigenvalue weighted by Crippen LogP contribution is 2.40. The van der Waals surface area contributed by atoms with Crippen molar-refractivity contribution in [3.05, 3.63) is 90.9 Å². The van der Waals surface area contributed by atoms with E-state index in [9.17, 15) is 0 Å². The summed E-state index contributed by atoms with van der Waals surface area (Å²) in [5, 5.41) is 13.7. The van der Waals surface area contributed by atoms with E-state index in [1.54, 1.807) is 28.7 Å². The predicted molar refractivity (Wildman–Crippen MR) is 130 cm³/mol. The van der Waals surface area contributed by atoms with Crippen molar-refractivity contribution in [3.63, 3.8) is 0 Å². The van der Waals surface area contributed by atoms with Gasteiger partial charge in [0.1, 0.15) is 0 Å². The van der Waals surface area contributed by atoms with Gasteiger partial charge >= 0.3 is 0 Å². The van der Waals surface area contributed by atoms with Crippen LogP contribution >= 0.6 is 57.5 Å². The Morgan fingerprint density at radius 2 is 1.77 bits per heavy atom. The quantitative estimate of drug-likeness (QED) is 0.288. The molecule has 0 N–H and O–H groups in total. The lowest BCUT2D eigenvalue weighted by Crippen LogP contribution is -2.18. The molecular weight excluding hydrogens is 477 g/mol. The summed E-state index contributed by atoms with van der Waals surface area (Å²) in [5.41, 5.74) is 4.00. The molecule has 0 saturated carbocycles. The monoisotopic (exact) mass is 489 g/mol. The topological polar surface area (TPSA) is 28.5 Å². The lowest BCUT2D eigenvalue weighted by Gasteiger charge is -2.21. The van der Waals surface area contributed by atoms with Crippen molar-refractivity contribution >= 4 is 68.3 Å². The second-order valence-electron chi connectivity index (χ2n) is 6.78. The molecule has 0 aliphatic carbocycles. The zero-order chi connectivity index (χ0) is 20.7. The molecule has 2 aromatic carbocycles. The fourth-order valence-corrected chi connectivity index (χ4v) is 5.36. The van der Waals surface area contributed by atoms with Gasteiger partial charge in [-0.2, -0.15) is 5.10 Å². The van der Waals surface area contributed by atoms with Gasteiger partial charge in [0.2, 0.25) is 5.13 Å². The van der Waals surface area contributed by atoms with Crippen molar-refractivity contribution in [2.45, 2.75) is 12.5 Å². The fraction of sp³-hybridized carbons (Fsp3) is 0.0909. The van der Waals surface area contributed by atoms with Gasteiger partial charge in [-0.3, -0.25) is 0 Å². The Morgan fingerprint density at radius 1 is 0.933 bits per heavy atom. The van der Waals surface area contributed by atoms with E-state index in [2.05, 4.69) is 23.6 Å². The summed E-state index contributed by atoms with van der Waals surface area (Å²) in [6.07, 6.45) is 0.809. The molecule has 1 aliphatic rings. The summed E-state index contributed by atoms with van der Waals surface area (Å²) < 4.78 is 0. The molecule has 30 heavy (non-hydrogen) atoms. The first-order chi connectivity index (χ1) is 14.6. The first kappa shape index (κ1) is 20.0. The minimum Gasteiger partial charge on any atom is -0.231 e. The maximum atomic E-state index is 6.19. The highest BCUT2D eigenvalue weighted by atomic mass is 35.5. The smallest absolute Gasteiger partial charge is 0.207 e. The molecule has 3 heterocycles. The van der Waals surface area contributed by atoms with Gasteiger partial charge < -0.3 is 0 Å². The summed E-state index contributed by atoms with van der Waals surface area (Å²) in [6, 6.07) is 17.7. The van der Waals surface area contributed by atoms with E-state index >= 15 is 0 Å². The second-order valence-corrected chi connectivity index (χ2v) is 9.82. The van der Waals surface area contributed by atoms with Crippen LogP contribution in [0.25, 0.3) is 11.3 Å². The third-order valence-corrected chi connectivity index (χ3v) is 7.61. The molecule has 0 saturated heterocycles. The Morgan fingerprint density at radius 3 is 2.50 bits per heavy atom. The Kier molecular flexibility index (Phi) is 5.56. The molecule has 3 nitrogen and oxygen atoms in total. The van der Waals surface area contributed by atoms with Crippen molar-refractivity contribution < 1.29 is 0 Å². The summed E-state index contributed by atoms with van der Waals surface area (Å²) in [5.74, 6) is 0. The second kappa shape index (κ2) is 8.33. The summed E-state index contributed by atoms with van der Waals surface area (Å²) >= 11 is 21.6. The van der Waals surface area contributed by atoms with Crippen LogP contribution in [0.5, 0.6) is 0 Å². The van der Waals surface area contributed by atoms with Crippen molar-refractivity contribution in [2.24, 2.45) is 5.10 Å². The van der Waals surface area contributed by atoms with Crippen molar-refractivity contribution in [1.29, 1.82) is 0 Å². The molecule has 150 valence electrons. The summed E-state index contributed by atoms with van der Waals surface area (Å²) in [4.78, 5) is 6.03. The van der Waals surface area contributed by atoms with Crippen LogP contribution in [-0.2, 0) is 0 Å². The molecule has 0 fully saturated rings. The van der Waals surface area contributed by atoms with Crippen molar-refractivity contribution in [3.8, 4) is 11.3 Å². The number of hydrazone groups is 1. The molecular formula is C22H14Cl3N3S2. The van der Waals surface area contributed by atoms with Crippen LogP contribution in [0.1, 0.15) is 22.9 Å². The van der Waals surface area contributed by atoms with Gasteiger partial charge in [0.05, 0.1) is 32.4 Å². The molecule has 2 aromatic heterocycles. The zero-order valence-electron chi connectivity index (χ0n) is 15.4. The van der Waals surface area contributed by atoms with Crippen LogP contribution in [-0.4, -0.2) is 10.7 Å². The highest BCUT2D eigenvalue weighted by Gasteiger charge is 2.32.